The van der Waals surface area contributed by atoms with Gasteiger partial charge in [-0.05, 0) is 12.1 Å². The molecule has 0 spiro atoms. The van der Waals surface area contributed by atoms with Gasteiger partial charge in [0.15, 0.2) is 11.6 Å². The summed E-state index contributed by atoms with van der Waals surface area (Å²) in [5.41, 5.74) is -0.733. The van der Waals surface area contributed by atoms with Crippen molar-refractivity contribution in [3.8, 4) is 11.5 Å². The van der Waals surface area contributed by atoms with E-state index in [0.717, 1.165) is 6.07 Å². The van der Waals surface area contributed by atoms with Crippen LogP contribution in [-0.4, -0.2) is 54.8 Å². The quantitative estimate of drug-likeness (QED) is 0.596. The summed E-state index contributed by atoms with van der Waals surface area (Å²) in [7, 11) is 0. The largest absolute Gasteiger partial charge is 0.417 e. The number of fused-ring (bicyclic) bond motifs is 4. The molecule has 12 heteroatoms. The summed E-state index contributed by atoms with van der Waals surface area (Å²) < 4.78 is 47.3. The van der Waals surface area contributed by atoms with Gasteiger partial charge in [-0.3, -0.25) is 9.78 Å². The third-order valence-corrected chi connectivity index (χ3v) is 5.75. The van der Waals surface area contributed by atoms with Crippen LogP contribution in [0.2, 0.25) is 5.02 Å². The number of alkyl halides is 3. The highest BCUT2D eigenvalue weighted by molar-refractivity contribution is 6.34. The third-order valence-electron chi connectivity index (χ3n) is 5.35. The minimum Gasteiger partial charge on any atom is -0.377 e. The monoisotopic (exact) mass is 450 g/mol. The fourth-order valence-corrected chi connectivity index (χ4v) is 4.30. The molecule has 8 nitrogen and oxygen atoms in total. The molecule has 0 N–H and O–H groups in total. The van der Waals surface area contributed by atoms with Gasteiger partial charge in [-0.15, -0.1) is 10.2 Å². The fraction of sp³-hybridized carbons (Fsp3) is 0.316. The smallest absolute Gasteiger partial charge is 0.377 e. The summed E-state index contributed by atoms with van der Waals surface area (Å²) in [6.45, 7) is 0.654. The second-order valence-electron chi connectivity index (χ2n) is 7.17. The molecule has 0 saturated carbocycles. The number of halogens is 4. The first-order valence-corrected chi connectivity index (χ1v) is 9.69. The molecule has 0 radical (unpaired) electrons. The maximum absolute atomic E-state index is 13.3. The third kappa shape index (κ3) is 3.24. The Hall–Kier alpha value is -3.05. The van der Waals surface area contributed by atoms with Gasteiger partial charge in [0.05, 0.1) is 41.6 Å². The molecule has 5 rings (SSSR count). The Labute approximate surface area is 178 Å². The van der Waals surface area contributed by atoms with E-state index in [2.05, 4.69) is 20.2 Å². The van der Waals surface area contributed by atoms with Crippen LogP contribution in [0.15, 0.2) is 36.8 Å². The highest BCUT2D eigenvalue weighted by atomic mass is 35.5. The molecular weight excluding hydrogens is 437 g/mol. The molecule has 2 aromatic heterocycles. The summed E-state index contributed by atoms with van der Waals surface area (Å²) in [4.78, 5) is 23.1. The molecule has 1 fully saturated rings. The molecule has 1 aromatic carbocycles. The van der Waals surface area contributed by atoms with Crippen molar-refractivity contribution in [2.75, 3.05) is 13.2 Å². The van der Waals surface area contributed by atoms with Crippen molar-refractivity contribution in [1.29, 1.82) is 0 Å². The summed E-state index contributed by atoms with van der Waals surface area (Å²) in [6.07, 6.45) is -0.0302. The average molecular weight is 451 g/mol. The van der Waals surface area contributed by atoms with E-state index < -0.39 is 34.8 Å². The standard InChI is InChI=1S/C19H14ClF3N6O2/c20-15-11(2-1-3-12(15)19(21,22)23)18(30)29-10-7-28-16(13-6-24-4-5-25-13)26-27-17(28)14(29)9-31-8-10/h1-6,10,14H,7-9H2. The number of hydrogen-bond acceptors (Lipinski definition) is 6. The zero-order valence-corrected chi connectivity index (χ0v) is 16.5. The first-order chi connectivity index (χ1) is 14.9. The second-order valence-corrected chi connectivity index (χ2v) is 7.55. The number of hydrogen-bond donors (Lipinski definition) is 0. The number of nitrogens with zero attached hydrogens (tertiary/aromatic N) is 6. The van der Waals surface area contributed by atoms with Gasteiger partial charge in [-0.1, -0.05) is 17.7 Å². The summed E-state index contributed by atoms with van der Waals surface area (Å²) in [6, 6.07) is 2.26. The fourth-order valence-electron chi connectivity index (χ4n) is 3.99. The second kappa shape index (κ2) is 7.27. The van der Waals surface area contributed by atoms with Crippen molar-refractivity contribution in [3.05, 3.63) is 58.8 Å². The topological polar surface area (TPSA) is 86.0 Å². The zero-order valence-electron chi connectivity index (χ0n) is 15.8. The molecular formula is C19H14ClF3N6O2. The number of ether oxygens (including phenoxy) is 1. The number of amides is 1. The minimum atomic E-state index is -4.67. The van der Waals surface area contributed by atoms with E-state index in [0.29, 0.717) is 23.9 Å². The predicted molar refractivity (Wildman–Crippen MR) is 101 cm³/mol. The number of aromatic nitrogens is 5. The number of morpholine rings is 1. The molecule has 2 aliphatic rings. The van der Waals surface area contributed by atoms with Gasteiger partial charge < -0.3 is 14.2 Å². The molecule has 1 amide bonds. The molecule has 1 saturated heterocycles. The lowest BCUT2D eigenvalue weighted by molar-refractivity contribution is -0.137. The molecule has 31 heavy (non-hydrogen) atoms. The van der Waals surface area contributed by atoms with Crippen LogP contribution in [0.3, 0.4) is 0 Å². The van der Waals surface area contributed by atoms with Gasteiger partial charge in [0.1, 0.15) is 11.7 Å². The molecule has 4 heterocycles. The number of carbonyl (C=O) groups excluding carboxylic acids is 1. The highest BCUT2D eigenvalue weighted by Gasteiger charge is 2.45. The van der Waals surface area contributed by atoms with Crippen molar-refractivity contribution in [2.45, 2.75) is 24.8 Å². The Morgan fingerprint density at radius 3 is 2.77 bits per heavy atom. The van der Waals surface area contributed by atoms with Crippen molar-refractivity contribution >= 4 is 17.5 Å². The van der Waals surface area contributed by atoms with E-state index in [9.17, 15) is 18.0 Å². The van der Waals surface area contributed by atoms with Crippen molar-refractivity contribution in [2.24, 2.45) is 0 Å². The van der Waals surface area contributed by atoms with Crippen LogP contribution in [0, 0.1) is 0 Å². The Balaban J connectivity index is 1.55. The predicted octanol–water partition coefficient (Wildman–Crippen LogP) is 3.00. The van der Waals surface area contributed by atoms with Gasteiger partial charge in [-0.25, -0.2) is 4.98 Å². The molecule has 2 bridgehead atoms. The van der Waals surface area contributed by atoms with Crippen LogP contribution in [0.4, 0.5) is 13.2 Å². The van der Waals surface area contributed by atoms with E-state index in [1.165, 1.54) is 23.2 Å². The number of carbonyl (C=O) groups is 1. The lowest BCUT2D eigenvalue weighted by Crippen LogP contribution is -2.56. The average Bonchev–Trinajstić information content (AvgIpc) is 3.16. The van der Waals surface area contributed by atoms with Crippen molar-refractivity contribution in [1.82, 2.24) is 29.6 Å². The molecule has 3 aromatic rings. The van der Waals surface area contributed by atoms with Crippen LogP contribution in [0.5, 0.6) is 0 Å². The summed E-state index contributed by atoms with van der Waals surface area (Å²) in [5, 5.41) is 7.80. The van der Waals surface area contributed by atoms with E-state index in [1.807, 2.05) is 4.57 Å². The van der Waals surface area contributed by atoms with E-state index in [4.69, 9.17) is 16.3 Å². The molecule has 160 valence electrons. The Bertz CT molecular complexity index is 1150. The highest BCUT2D eigenvalue weighted by Crippen LogP contribution is 2.39. The van der Waals surface area contributed by atoms with Gasteiger partial charge >= 0.3 is 6.18 Å². The van der Waals surface area contributed by atoms with Crippen molar-refractivity contribution in [3.63, 3.8) is 0 Å². The van der Waals surface area contributed by atoms with Gasteiger partial charge in [-0.2, -0.15) is 13.2 Å². The summed E-state index contributed by atoms with van der Waals surface area (Å²) >= 11 is 6.00. The summed E-state index contributed by atoms with van der Waals surface area (Å²) in [5.74, 6) is 0.363. The van der Waals surface area contributed by atoms with Gasteiger partial charge in [0, 0.05) is 18.9 Å². The maximum atomic E-state index is 13.3. The zero-order chi connectivity index (χ0) is 21.8. The van der Waals surface area contributed by atoms with E-state index in [1.54, 1.807) is 12.4 Å². The Morgan fingerprint density at radius 2 is 2.03 bits per heavy atom. The van der Waals surface area contributed by atoms with Crippen molar-refractivity contribution < 1.29 is 22.7 Å². The van der Waals surface area contributed by atoms with Crippen LogP contribution >= 0.6 is 11.6 Å². The van der Waals surface area contributed by atoms with Crippen LogP contribution in [0.25, 0.3) is 11.5 Å². The number of rotatable bonds is 2. The first-order valence-electron chi connectivity index (χ1n) is 9.32. The van der Waals surface area contributed by atoms with Crippen LogP contribution in [0.1, 0.15) is 27.8 Å². The maximum Gasteiger partial charge on any atom is 0.417 e. The normalized spacial score (nSPS) is 20.5. The van der Waals surface area contributed by atoms with Crippen LogP contribution < -0.4 is 0 Å². The number of benzene rings is 1. The SMILES string of the molecule is O=C(c1cccc(C(F)(F)F)c1Cl)N1C2COCC1c1nnc(-c3cnccn3)n1C2. The van der Waals surface area contributed by atoms with E-state index >= 15 is 0 Å². The first kappa shape index (κ1) is 19.9. The minimum absolute atomic E-state index is 0.136. The molecule has 2 unspecified atom stereocenters. The molecule has 0 aliphatic carbocycles. The van der Waals surface area contributed by atoms with Crippen LogP contribution in [-0.2, 0) is 17.5 Å². The van der Waals surface area contributed by atoms with Gasteiger partial charge in [0.25, 0.3) is 5.91 Å². The molecule has 2 aliphatic heterocycles. The lowest BCUT2D eigenvalue weighted by atomic mass is 10.0. The molecule has 2 atom stereocenters. The Morgan fingerprint density at radius 1 is 1.19 bits per heavy atom. The Kier molecular flexibility index (Phi) is 4.67. The van der Waals surface area contributed by atoms with Gasteiger partial charge in [0.2, 0.25) is 0 Å². The van der Waals surface area contributed by atoms with E-state index in [-0.39, 0.29) is 18.8 Å². The lowest BCUT2D eigenvalue weighted by Gasteiger charge is -2.45.